The highest BCUT2D eigenvalue weighted by Crippen LogP contribution is 2.44. The molecule has 31 heavy (non-hydrogen) atoms. The normalized spacial score (nSPS) is 14.5. The van der Waals surface area contributed by atoms with Gasteiger partial charge in [-0.1, -0.05) is 6.07 Å². The number of benzene rings is 1. The van der Waals surface area contributed by atoms with Crippen molar-refractivity contribution in [3.8, 4) is 11.3 Å². The van der Waals surface area contributed by atoms with Gasteiger partial charge in [0.1, 0.15) is 17.6 Å². The number of aromatic nitrogens is 3. The summed E-state index contributed by atoms with van der Waals surface area (Å²) < 4.78 is 19.6. The Bertz CT molecular complexity index is 1280. The number of rotatable bonds is 5. The number of nitrogens with zero attached hydrogens (tertiary/aromatic N) is 2. The molecule has 0 spiro atoms. The third-order valence-electron chi connectivity index (χ3n) is 5.64. The highest BCUT2D eigenvalue weighted by Gasteiger charge is 2.29. The predicted octanol–water partition coefficient (Wildman–Crippen LogP) is 4.51. The standard InChI is InChI=1S/C24H20FN3O3/c1-31-24(30)19-6-2-5-18(27-19)23(29)21-16-10-17(25)15(13-7-8-13)11-20(16)28-22(21)14-4-3-9-26-12-14/h2-6,9-13,23,28-29H,7-8H2,1H3. The van der Waals surface area contributed by atoms with Crippen LogP contribution in [-0.2, 0) is 4.74 Å². The lowest BCUT2D eigenvalue weighted by molar-refractivity contribution is 0.0593. The first-order valence-electron chi connectivity index (χ1n) is 10.1. The molecule has 1 fully saturated rings. The number of methoxy groups -OCH3 is 1. The minimum absolute atomic E-state index is 0.0871. The van der Waals surface area contributed by atoms with Crippen LogP contribution in [0.4, 0.5) is 4.39 Å². The molecule has 0 saturated heterocycles. The van der Waals surface area contributed by atoms with Gasteiger partial charge in [0.05, 0.1) is 18.5 Å². The van der Waals surface area contributed by atoms with Crippen LogP contribution in [0.25, 0.3) is 22.2 Å². The van der Waals surface area contributed by atoms with E-state index in [1.165, 1.54) is 19.2 Å². The van der Waals surface area contributed by atoms with Crippen LogP contribution in [0.15, 0.2) is 54.9 Å². The summed E-state index contributed by atoms with van der Waals surface area (Å²) in [6.07, 6.45) is 4.11. The molecule has 1 atom stereocenters. The van der Waals surface area contributed by atoms with Crippen molar-refractivity contribution in [3.63, 3.8) is 0 Å². The molecule has 0 radical (unpaired) electrons. The van der Waals surface area contributed by atoms with E-state index in [4.69, 9.17) is 4.74 Å². The molecule has 2 N–H and O–H groups in total. The van der Waals surface area contributed by atoms with Gasteiger partial charge in [0.15, 0.2) is 0 Å². The Morgan fingerprint density at radius 1 is 1.26 bits per heavy atom. The number of pyridine rings is 2. The lowest BCUT2D eigenvalue weighted by Gasteiger charge is -2.13. The summed E-state index contributed by atoms with van der Waals surface area (Å²) in [6, 6.07) is 11.7. The van der Waals surface area contributed by atoms with Gasteiger partial charge in [0.25, 0.3) is 0 Å². The molecule has 156 valence electrons. The lowest BCUT2D eigenvalue weighted by Crippen LogP contribution is -2.09. The Balaban J connectivity index is 1.70. The quantitative estimate of drug-likeness (QED) is 0.467. The Labute approximate surface area is 177 Å². The van der Waals surface area contributed by atoms with E-state index >= 15 is 0 Å². The van der Waals surface area contributed by atoms with Crippen molar-refractivity contribution in [2.75, 3.05) is 7.11 Å². The Kier molecular flexibility index (Phi) is 4.75. The Morgan fingerprint density at radius 3 is 2.81 bits per heavy atom. The van der Waals surface area contributed by atoms with Gasteiger partial charge < -0.3 is 14.8 Å². The summed E-state index contributed by atoms with van der Waals surface area (Å²) in [4.78, 5) is 23.7. The zero-order valence-corrected chi connectivity index (χ0v) is 16.8. The van der Waals surface area contributed by atoms with Crippen LogP contribution < -0.4 is 0 Å². The van der Waals surface area contributed by atoms with Crippen molar-refractivity contribution in [2.24, 2.45) is 0 Å². The summed E-state index contributed by atoms with van der Waals surface area (Å²) in [5.41, 5.74) is 3.65. The summed E-state index contributed by atoms with van der Waals surface area (Å²) in [6.45, 7) is 0. The number of ether oxygens (including phenoxy) is 1. The zero-order valence-electron chi connectivity index (χ0n) is 16.8. The van der Waals surface area contributed by atoms with Gasteiger partial charge in [-0.15, -0.1) is 0 Å². The fraction of sp³-hybridized carbons (Fsp3) is 0.208. The molecule has 6 nitrogen and oxygen atoms in total. The van der Waals surface area contributed by atoms with Gasteiger partial charge in [-0.05, 0) is 60.7 Å². The van der Waals surface area contributed by atoms with Crippen molar-refractivity contribution in [1.29, 1.82) is 0 Å². The zero-order chi connectivity index (χ0) is 21.5. The summed E-state index contributed by atoms with van der Waals surface area (Å²) >= 11 is 0. The number of hydrogen-bond acceptors (Lipinski definition) is 5. The second-order valence-corrected chi connectivity index (χ2v) is 7.69. The largest absolute Gasteiger partial charge is 0.464 e. The van der Waals surface area contributed by atoms with E-state index in [1.54, 1.807) is 30.6 Å². The smallest absolute Gasteiger partial charge is 0.356 e. The van der Waals surface area contributed by atoms with Gasteiger partial charge in [-0.2, -0.15) is 0 Å². The molecule has 1 aliphatic carbocycles. The van der Waals surface area contributed by atoms with E-state index in [1.807, 2.05) is 12.1 Å². The predicted molar refractivity (Wildman–Crippen MR) is 113 cm³/mol. The average Bonchev–Trinajstić information content (AvgIpc) is 3.59. The molecule has 4 aromatic rings. The van der Waals surface area contributed by atoms with Crippen LogP contribution in [0.1, 0.15) is 52.2 Å². The van der Waals surface area contributed by atoms with E-state index in [-0.39, 0.29) is 23.1 Å². The van der Waals surface area contributed by atoms with Crippen molar-refractivity contribution in [1.82, 2.24) is 15.0 Å². The number of carbonyl (C=O) groups excluding carboxylic acids is 1. The second kappa shape index (κ2) is 7.59. The Hall–Kier alpha value is -3.58. The summed E-state index contributed by atoms with van der Waals surface area (Å²) in [5.74, 6) is -0.627. The fourth-order valence-electron chi connectivity index (χ4n) is 3.95. The van der Waals surface area contributed by atoms with Crippen LogP contribution in [0.2, 0.25) is 0 Å². The molecule has 5 rings (SSSR count). The van der Waals surface area contributed by atoms with Crippen molar-refractivity contribution >= 4 is 16.9 Å². The summed E-state index contributed by atoms with van der Waals surface area (Å²) in [5, 5.41) is 11.9. The van der Waals surface area contributed by atoms with Crippen molar-refractivity contribution in [2.45, 2.75) is 24.9 Å². The number of H-pyrrole nitrogens is 1. The van der Waals surface area contributed by atoms with Gasteiger partial charge in [0.2, 0.25) is 0 Å². The van der Waals surface area contributed by atoms with Crippen LogP contribution in [0.5, 0.6) is 0 Å². The number of aliphatic hydroxyl groups is 1. The molecule has 3 heterocycles. The van der Waals surface area contributed by atoms with Crippen LogP contribution in [0.3, 0.4) is 0 Å². The van der Waals surface area contributed by atoms with Gasteiger partial charge >= 0.3 is 5.97 Å². The fourth-order valence-corrected chi connectivity index (χ4v) is 3.95. The lowest BCUT2D eigenvalue weighted by atomic mass is 9.97. The monoisotopic (exact) mass is 417 g/mol. The summed E-state index contributed by atoms with van der Waals surface area (Å²) in [7, 11) is 1.27. The number of aliphatic hydroxyl groups excluding tert-OH is 1. The van der Waals surface area contributed by atoms with Crippen LogP contribution in [0, 0.1) is 5.82 Å². The molecule has 1 saturated carbocycles. The van der Waals surface area contributed by atoms with E-state index < -0.39 is 12.1 Å². The van der Waals surface area contributed by atoms with Gasteiger partial charge in [-0.3, -0.25) is 4.98 Å². The molecule has 0 bridgehead atoms. The topological polar surface area (TPSA) is 88.1 Å². The number of carbonyl (C=O) groups is 1. The second-order valence-electron chi connectivity index (χ2n) is 7.69. The van der Waals surface area contributed by atoms with E-state index in [0.717, 1.165) is 23.9 Å². The minimum atomic E-state index is -1.19. The molecule has 1 aromatic carbocycles. The molecule has 0 aliphatic heterocycles. The van der Waals surface area contributed by atoms with Crippen LogP contribution >= 0.6 is 0 Å². The minimum Gasteiger partial charge on any atom is -0.464 e. The highest BCUT2D eigenvalue weighted by atomic mass is 19.1. The molecule has 1 unspecified atom stereocenters. The maximum absolute atomic E-state index is 14.9. The molecule has 1 aliphatic rings. The third-order valence-corrected chi connectivity index (χ3v) is 5.64. The molecule has 0 amide bonds. The number of nitrogens with one attached hydrogen (secondary N) is 1. The average molecular weight is 417 g/mol. The van der Waals surface area contributed by atoms with Gasteiger partial charge in [0, 0.05) is 34.4 Å². The van der Waals surface area contributed by atoms with E-state index in [9.17, 15) is 14.3 Å². The number of esters is 1. The first kappa shape index (κ1) is 19.4. The number of hydrogen-bond donors (Lipinski definition) is 2. The van der Waals surface area contributed by atoms with Crippen molar-refractivity contribution < 1.29 is 19.0 Å². The third kappa shape index (κ3) is 3.47. The molecular formula is C24H20FN3O3. The van der Waals surface area contributed by atoms with Crippen LogP contribution in [-0.4, -0.2) is 33.1 Å². The highest BCUT2D eigenvalue weighted by molar-refractivity contribution is 5.92. The molecule has 7 heteroatoms. The van der Waals surface area contributed by atoms with Crippen molar-refractivity contribution in [3.05, 3.63) is 83.2 Å². The molecule has 3 aromatic heterocycles. The van der Waals surface area contributed by atoms with E-state index in [0.29, 0.717) is 22.2 Å². The first-order chi connectivity index (χ1) is 15.1. The van der Waals surface area contributed by atoms with E-state index in [2.05, 4.69) is 15.0 Å². The number of halogens is 1. The maximum Gasteiger partial charge on any atom is 0.356 e. The Morgan fingerprint density at radius 2 is 2.10 bits per heavy atom. The maximum atomic E-state index is 14.9. The number of aromatic amines is 1. The molecular weight excluding hydrogens is 397 g/mol. The SMILES string of the molecule is COC(=O)c1cccc(C(O)c2c(-c3cccnc3)[nH]c3cc(C4CC4)c(F)cc23)n1. The first-order valence-corrected chi connectivity index (χ1v) is 10.1. The van der Waals surface area contributed by atoms with Gasteiger partial charge in [-0.25, -0.2) is 14.2 Å². The number of fused-ring (bicyclic) bond motifs is 1.